The van der Waals surface area contributed by atoms with E-state index in [0.29, 0.717) is 18.1 Å². The number of carbonyl (C=O) groups excluding carboxylic acids is 1. The van der Waals surface area contributed by atoms with Crippen LogP contribution in [0.3, 0.4) is 0 Å². The largest absolute Gasteiger partial charge is 0.367 e. The summed E-state index contributed by atoms with van der Waals surface area (Å²) in [5.74, 6) is 0.698. The fraction of sp³-hybridized carbons (Fsp3) is 0.750. The third-order valence-corrected chi connectivity index (χ3v) is 3.38. The zero-order valence-corrected chi connectivity index (χ0v) is 8.79. The number of hydrogen-bond donors (Lipinski definition) is 0. The van der Waals surface area contributed by atoms with E-state index in [4.69, 9.17) is 4.74 Å². The minimum atomic E-state index is -0.399. The van der Waals surface area contributed by atoms with Gasteiger partial charge in [0.05, 0.1) is 0 Å². The van der Waals surface area contributed by atoms with Gasteiger partial charge in [-0.1, -0.05) is 25.5 Å². The molecule has 2 unspecified atom stereocenters. The van der Waals surface area contributed by atoms with Crippen molar-refractivity contribution in [2.75, 3.05) is 6.61 Å². The van der Waals surface area contributed by atoms with Gasteiger partial charge in [-0.2, -0.15) is 0 Å². The Hall–Kier alpha value is -0.630. The molecule has 1 fully saturated rings. The van der Waals surface area contributed by atoms with Gasteiger partial charge in [0.2, 0.25) is 0 Å². The molecule has 0 bridgehead atoms. The zero-order chi connectivity index (χ0) is 10.0. The lowest BCUT2D eigenvalue weighted by molar-refractivity contribution is -0.173. The van der Waals surface area contributed by atoms with Crippen molar-refractivity contribution in [1.82, 2.24) is 0 Å². The van der Waals surface area contributed by atoms with Gasteiger partial charge < -0.3 is 4.74 Å². The van der Waals surface area contributed by atoms with Crippen LogP contribution in [0.25, 0.3) is 0 Å². The van der Waals surface area contributed by atoms with Crippen molar-refractivity contribution >= 4 is 5.78 Å². The van der Waals surface area contributed by atoms with Gasteiger partial charge in [-0.05, 0) is 19.3 Å². The maximum absolute atomic E-state index is 11.6. The summed E-state index contributed by atoms with van der Waals surface area (Å²) in [6.45, 7) is 2.88. The highest BCUT2D eigenvalue weighted by Crippen LogP contribution is 2.45. The lowest BCUT2D eigenvalue weighted by Crippen LogP contribution is -2.58. The first-order valence-corrected chi connectivity index (χ1v) is 5.63. The molecule has 0 heterocycles. The van der Waals surface area contributed by atoms with E-state index < -0.39 is 5.60 Å². The van der Waals surface area contributed by atoms with E-state index in [9.17, 15) is 4.79 Å². The number of carbonyl (C=O) groups is 1. The van der Waals surface area contributed by atoms with Gasteiger partial charge in [-0.25, -0.2) is 0 Å². The number of hydrogen-bond acceptors (Lipinski definition) is 2. The summed E-state index contributed by atoms with van der Waals surface area (Å²) in [5, 5.41) is 0. The number of rotatable bonds is 4. The summed E-state index contributed by atoms with van der Waals surface area (Å²) in [7, 11) is 0. The summed E-state index contributed by atoms with van der Waals surface area (Å²) < 4.78 is 5.82. The van der Waals surface area contributed by atoms with Crippen LogP contribution >= 0.6 is 0 Å². The van der Waals surface area contributed by atoms with Gasteiger partial charge in [0, 0.05) is 18.9 Å². The Morgan fingerprint density at radius 3 is 3.14 bits per heavy atom. The van der Waals surface area contributed by atoms with E-state index in [1.807, 2.05) is 0 Å². The van der Waals surface area contributed by atoms with Crippen LogP contribution < -0.4 is 0 Å². The fourth-order valence-corrected chi connectivity index (χ4v) is 2.38. The summed E-state index contributed by atoms with van der Waals surface area (Å²) in [5.41, 5.74) is -0.399. The van der Waals surface area contributed by atoms with Gasteiger partial charge >= 0.3 is 0 Å². The summed E-state index contributed by atoms with van der Waals surface area (Å²) >= 11 is 0. The van der Waals surface area contributed by atoms with E-state index in [-0.39, 0.29) is 0 Å². The van der Waals surface area contributed by atoms with Crippen LogP contribution in [0.2, 0.25) is 0 Å². The number of Topliss-reactive ketones (excluding diaryl/α,β-unsaturated/α-hetero) is 1. The van der Waals surface area contributed by atoms with E-state index in [2.05, 4.69) is 19.1 Å². The monoisotopic (exact) mass is 194 g/mol. The Morgan fingerprint density at radius 2 is 2.50 bits per heavy atom. The molecular formula is C12H18O2. The Balaban J connectivity index is 1.97. The standard InChI is InChI=1S/C12H18O2/c1-2-3-8-14-12-7-5-4-6-10(12)9-11(12)13/h4,6,10H,2-3,5,7-9H2,1H3. The molecule has 1 saturated carbocycles. The van der Waals surface area contributed by atoms with Crippen LogP contribution in [-0.4, -0.2) is 18.0 Å². The van der Waals surface area contributed by atoms with Crippen molar-refractivity contribution < 1.29 is 9.53 Å². The minimum absolute atomic E-state index is 0.322. The van der Waals surface area contributed by atoms with Crippen LogP contribution in [0.4, 0.5) is 0 Å². The highest BCUT2D eigenvalue weighted by Gasteiger charge is 2.55. The first kappa shape index (κ1) is 9.91. The highest BCUT2D eigenvalue weighted by atomic mass is 16.5. The quantitative estimate of drug-likeness (QED) is 0.507. The molecule has 0 spiro atoms. The first-order valence-electron chi connectivity index (χ1n) is 5.63. The van der Waals surface area contributed by atoms with Crippen molar-refractivity contribution in [2.45, 2.75) is 44.6 Å². The van der Waals surface area contributed by atoms with Crippen LogP contribution in [0, 0.1) is 5.92 Å². The Kier molecular flexibility index (Phi) is 2.73. The summed E-state index contributed by atoms with van der Waals surface area (Å²) in [6, 6.07) is 0. The second-order valence-electron chi connectivity index (χ2n) is 4.29. The number of ether oxygens (including phenoxy) is 1. The van der Waals surface area contributed by atoms with Gasteiger partial charge in [0.1, 0.15) is 5.60 Å². The van der Waals surface area contributed by atoms with E-state index in [1.165, 1.54) is 0 Å². The van der Waals surface area contributed by atoms with Gasteiger partial charge in [0.25, 0.3) is 0 Å². The molecule has 0 aromatic carbocycles. The predicted molar refractivity (Wildman–Crippen MR) is 55.1 cm³/mol. The molecular weight excluding hydrogens is 176 g/mol. The normalized spacial score (nSPS) is 35.2. The summed E-state index contributed by atoms with van der Waals surface area (Å²) in [4.78, 5) is 11.6. The predicted octanol–water partition coefficient (Wildman–Crippen LogP) is 2.48. The number of ketones is 1. The average molecular weight is 194 g/mol. The first-order chi connectivity index (χ1) is 6.79. The summed E-state index contributed by atoms with van der Waals surface area (Å²) in [6.07, 6.45) is 9.12. The Morgan fingerprint density at radius 1 is 1.64 bits per heavy atom. The van der Waals surface area contributed by atoms with Gasteiger partial charge in [0.15, 0.2) is 5.78 Å². The number of allylic oxidation sites excluding steroid dienone is 1. The average Bonchev–Trinajstić information content (AvgIpc) is 2.19. The maximum Gasteiger partial charge on any atom is 0.165 e. The third kappa shape index (κ3) is 1.42. The minimum Gasteiger partial charge on any atom is -0.367 e. The molecule has 0 aromatic heterocycles. The van der Waals surface area contributed by atoms with Crippen LogP contribution in [0.1, 0.15) is 39.0 Å². The molecule has 78 valence electrons. The smallest absolute Gasteiger partial charge is 0.165 e. The lowest BCUT2D eigenvalue weighted by Gasteiger charge is -2.48. The highest BCUT2D eigenvalue weighted by molar-refractivity contribution is 5.95. The molecule has 0 N–H and O–H groups in total. The molecule has 0 aliphatic heterocycles. The van der Waals surface area contributed by atoms with Crippen molar-refractivity contribution in [3.8, 4) is 0 Å². The zero-order valence-electron chi connectivity index (χ0n) is 8.79. The molecule has 2 atom stereocenters. The second-order valence-corrected chi connectivity index (χ2v) is 4.29. The molecule has 0 saturated heterocycles. The molecule has 2 aliphatic carbocycles. The van der Waals surface area contributed by atoms with Crippen LogP contribution in [-0.2, 0) is 9.53 Å². The second kappa shape index (κ2) is 3.85. The van der Waals surface area contributed by atoms with Gasteiger partial charge in [-0.3, -0.25) is 4.79 Å². The fourth-order valence-electron chi connectivity index (χ4n) is 2.38. The molecule has 2 nitrogen and oxygen atoms in total. The molecule has 2 rings (SSSR count). The lowest BCUT2D eigenvalue weighted by atomic mass is 9.63. The van der Waals surface area contributed by atoms with Crippen molar-refractivity contribution in [1.29, 1.82) is 0 Å². The van der Waals surface area contributed by atoms with E-state index in [0.717, 1.165) is 32.3 Å². The van der Waals surface area contributed by atoms with E-state index >= 15 is 0 Å². The van der Waals surface area contributed by atoms with Gasteiger partial charge in [-0.15, -0.1) is 0 Å². The Bertz CT molecular complexity index is 257. The van der Waals surface area contributed by atoms with Crippen LogP contribution in [0.15, 0.2) is 12.2 Å². The van der Waals surface area contributed by atoms with E-state index in [1.54, 1.807) is 0 Å². The van der Waals surface area contributed by atoms with Crippen molar-refractivity contribution in [2.24, 2.45) is 5.92 Å². The van der Waals surface area contributed by atoms with Crippen molar-refractivity contribution in [3.63, 3.8) is 0 Å². The number of unbranched alkanes of at least 4 members (excludes halogenated alkanes) is 1. The maximum atomic E-state index is 11.6. The molecule has 0 radical (unpaired) electrons. The number of fused-ring (bicyclic) bond motifs is 1. The molecule has 2 aliphatic rings. The Labute approximate surface area is 85.3 Å². The molecule has 2 heteroatoms. The third-order valence-electron chi connectivity index (χ3n) is 3.38. The SMILES string of the molecule is CCCCOC12CCC=CC1CC2=O. The van der Waals surface area contributed by atoms with Crippen molar-refractivity contribution in [3.05, 3.63) is 12.2 Å². The molecule has 14 heavy (non-hydrogen) atoms. The van der Waals surface area contributed by atoms with Crippen LogP contribution in [0.5, 0.6) is 0 Å². The molecule has 0 aromatic rings. The molecule has 0 amide bonds. The topological polar surface area (TPSA) is 26.3 Å².